The maximum Gasteiger partial charge on any atom is 0.224 e. The van der Waals surface area contributed by atoms with Gasteiger partial charge in [-0.1, -0.05) is 24.6 Å². The van der Waals surface area contributed by atoms with Gasteiger partial charge in [0.2, 0.25) is 5.91 Å². The second kappa shape index (κ2) is 9.87. The van der Waals surface area contributed by atoms with E-state index in [9.17, 15) is 15.0 Å². The van der Waals surface area contributed by atoms with E-state index in [2.05, 4.69) is 5.32 Å². The molecule has 140 valence electrons. The molecular weight excluding hydrogens is 322 g/mol. The minimum Gasteiger partial charge on any atom is -0.390 e. The molecular formula is C19H29NO5. The number of rotatable bonds is 8. The van der Waals surface area contributed by atoms with Gasteiger partial charge in [0.05, 0.1) is 18.3 Å². The minimum absolute atomic E-state index is 0.00798. The number of unbranched alkanes of at least 4 members (excludes halogenated alkanes) is 1. The third kappa shape index (κ3) is 6.74. The van der Waals surface area contributed by atoms with Gasteiger partial charge >= 0.3 is 0 Å². The van der Waals surface area contributed by atoms with Gasteiger partial charge in [0.1, 0.15) is 6.10 Å². The molecule has 25 heavy (non-hydrogen) atoms. The Kier molecular flexibility index (Phi) is 7.84. The molecule has 5 atom stereocenters. The van der Waals surface area contributed by atoms with Crippen LogP contribution in [0, 0.1) is 0 Å². The Balaban J connectivity index is 1.60. The topological polar surface area (TPSA) is 88.0 Å². The van der Waals surface area contributed by atoms with Gasteiger partial charge in [0.15, 0.2) is 6.29 Å². The first-order chi connectivity index (χ1) is 12.0. The standard InChI is InChI=1S/C19H29NO5/c1-13(24-19-17(22)12-16(21)14(2)25-19)8-6-7-11-18(23)20-15-9-4-3-5-10-15/h3-5,9-10,13-14,16-17,19,21-22H,6-8,11-12H2,1-2H3,(H,20,23)/t13?,14-,16+,17+,19+/m0/s1. The van der Waals surface area contributed by atoms with Crippen molar-refractivity contribution in [3.8, 4) is 0 Å². The van der Waals surface area contributed by atoms with Crippen LogP contribution in [0.4, 0.5) is 5.69 Å². The van der Waals surface area contributed by atoms with Gasteiger partial charge in [-0.2, -0.15) is 0 Å². The normalized spacial score (nSPS) is 27.7. The summed E-state index contributed by atoms with van der Waals surface area (Å²) in [5, 5.41) is 22.4. The molecule has 1 fully saturated rings. The van der Waals surface area contributed by atoms with Gasteiger partial charge in [-0.3, -0.25) is 4.79 Å². The van der Waals surface area contributed by atoms with Crippen LogP contribution in [0.3, 0.4) is 0 Å². The van der Waals surface area contributed by atoms with Crippen LogP contribution in [0.25, 0.3) is 0 Å². The summed E-state index contributed by atoms with van der Waals surface area (Å²) in [6.45, 7) is 3.69. The summed E-state index contributed by atoms with van der Waals surface area (Å²) < 4.78 is 11.2. The fourth-order valence-corrected chi connectivity index (χ4v) is 2.83. The zero-order valence-corrected chi connectivity index (χ0v) is 14.9. The number of hydrogen-bond donors (Lipinski definition) is 3. The van der Waals surface area contributed by atoms with Crippen molar-refractivity contribution >= 4 is 11.6 Å². The summed E-state index contributed by atoms with van der Waals surface area (Å²) in [6.07, 6.45) is 0.531. The molecule has 0 saturated carbocycles. The number of amides is 1. The lowest BCUT2D eigenvalue weighted by Crippen LogP contribution is -2.48. The fraction of sp³-hybridized carbons (Fsp3) is 0.632. The average Bonchev–Trinajstić information content (AvgIpc) is 2.57. The number of carbonyl (C=O) groups excluding carboxylic acids is 1. The molecule has 0 bridgehead atoms. The Labute approximate surface area is 149 Å². The maximum atomic E-state index is 11.9. The summed E-state index contributed by atoms with van der Waals surface area (Å²) in [7, 11) is 0. The zero-order valence-electron chi connectivity index (χ0n) is 14.9. The number of anilines is 1. The van der Waals surface area contributed by atoms with Gasteiger partial charge in [-0.15, -0.1) is 0 Å². The van der Waals surface area contributed by atoms with Gasteiger partial charge in [0.25, 0.3) is 0 Å². The summed E-state index contributed by atoms with van der Waals surface area (Å²) >= 11 is 0. The lowest BCUT2D eigenvalue weighted by molar-refractivity contribution is -0.273. The molecule has 0 spiro atoms. The van der Waals surface area contributed by atoms with Crippen molar-refractivity contribution in [2.45, 2.75) is 76.7 Å². The average molecular weight is 351 g/mol. The highest BCUT2D eigenvalue weighted by molar-refractivity contribution is 5.90. The van der Waals surface area contributed by atoms with Crippen LogP contribution in [0.5, 0.6) is 0 Å². The number of nitrogens with one attached hydrogen (secondary N) is 1. The SMILES string of the molecule is CC(CCCCC(=O)Nc1ccccc1)O[C@@H]1O[C@@H](C)[C@H](O)C[C@H]1O. The van der Waals surface area contributed by atoms with E-state index in [0.29, 0.717) is 6.42 Å². The van der Waals surface area contributed by atoms with Crippen molar-refractivity contribution in [3.63, 3.8) is 0 Å². The predicted molar refractivity (Wildman–Crippen MR) is 95.1 cm³/mol. The van der Waals surface area contributed by atoms with Crippen molar-refractivity contribution in [2.75, 3.05) is 5.32 Å². The number of carbonyl (C=O) groups is 1. The van der Waals surface area contributed by atoms with E-state index in [0.717, 1.165) is 24.9 Å². The first-order valence-corrected chi connectivity index (χ1v) is 8.97. The molecule has 0 aromatic heterocycles. The first-order valence-electron chi connectivity index (χ1n) is 8.97. The minimum atomic E-state index is -0.815. The van der Waals surface area contributed by atoms with E-state index >= 15 is 0 Å². The Morgan fingerprint density at radius 3 is 2.72 bits per heavy atom. The highest BCUT2D eigenvalue weighted by Gasteiger charge is 2.35. The lowest BCUT2D eigenvalue weighted by atomic mass is 10.0. The Morgan fingerprint density at radius 2 is 2.00 bits per heavy atom. The van der Waals surface area contributed by atoms with Gasteiger partial charge in [-0.05, 0) is 38.8 Å². The van der Waals surface area contributed by atoms with Crippen LogP contribution in [0.2, 0.25) is 0 Å². The van der Waals surface area contributed by atoms with Crippen molar-refractivity contribution < 1.29 is 24.5 Å². The molecule has 1 heterocycles. The van der Waals surface area contributed by atoms with E-state index in [1.165, 1.54) is 0 Å². The van der Waals surface area contributed by atoms with Crippen LogP contribution < -0.4 is 5.32 Å². The molecule has 1 amide bonds. The van der Waals surface area contributed by atoms with Crippen molar-refractivity contribution in [2.24, 2.45) is 0 Å². The predicted octanol–water partition coefficient (Wildman–Crippen LogP) is 2.45. The Morgan fingerprint density at radius 1 is 1.28 bits per heavy atom. The molecule has 1 aromatic rings. The largest absolute Gasteiger partial charge is 0.390 e. The van der Waals surface area contributed by atoms with Crippen LogP contribution in [-0.2, 0) is 14.3 Å². The number of aliphatic hydroxyl groups is 2. The molecule has 1 aromatic carbocycles. The van der Waals surface area contributed by atoms with Crippen LogP contribution in [-0.4, -0.2) is 46.8 Å². The second-order valence-corrected chi connectivity index (χ2v) is 6.69. The fourth-order valence-electron chi connectivity index (χ4n) is 2.83. The lowest BCUT2D eigenvalue weighted by Gasteiger charge is -2.36. The van der Waals surface area contributed by atoms with Crippen molar-refractivity contribution in [3.05, 3.63) is 30.3 Å². The molecule has 6 nitrogen and oxygen atoms in total. The summed E-state index contributed by atoms with van der Waals surface area (Å²) in [6, 6.07) is 9.40. The highest BCUT2D eigenvalue weighted by atomic mass is 16.7. The number of ether oxygens (including phenoxy) is 2. The van der Waals surface area contributed by atoms with E-state index in [4.69, 9.17) is 9.47 Å². The third-order valence-electron chi connectivity index (χ3n) is 4.38. The molecule has 0 radical (unpaired) electrons. The van der Waals surface area contributed by atoms with E-state index in [-0.39, 0.29) is 24.5 Å². The molecule has 3 N–H and O–H groups in total. The van der Waals surface area contributed by atoms with Gasteiger partial charge in [0, 0.05) is 18.5 Å². The van der Waals surface area contributed by atoms with E-state index in [1.54, 1.807) is 6.92 Å². The van der Waals surface area contributed by atoms with Gasteiger partial charge in [-0.25, -0.2) is 0 Å². The Bertz CT molecular complexity index is 524. The van der Waals surface area contributed by atoms with Gasteiger partial charge < -0.3 is 25.0 Å². The van der Waals surface area contributed by atoms with Crippen LogP contribution in [0.1, 0.15) is 46.0 Å². The third-order valence-corrected chi connectivity index (χ3v) is 4.38. The number of aliphatic hydroxyl groups excluding tert-OH is 2. The molecule has 1 saturated heterocycles. The quantitative estimate of drug-likeness (QED) is 0.626. The molecule has 2 rings (SSSR count). The second-order valence-electron chi connectivity index (χ2n) is 6.69. The summed E-state index contributed by atoms with van der Waals surface area (Å²) in [5.74, 6) is 0.00798. The summed E-state index contributed by atoms with van der Waals surface area (Å²) in [4.78, 5) is 11.9. The van der Waals surface area contributed by atoms with Crippen molar-refractivity contribution in [1.82, 2.24) is 0 Å². The number of benzene rings is 1. The highest BCUT2D eigenvalue weighted by Crippen LogP contribution is 2.23. The van der Waals surface area contributed by atoms with Crippen molar-refractivity contribution in [1.29, 1.82) is 0 Å². The first kappa shape index (κ1) is 19.8. The smallest absolute Gasteiger partial charge is 0.224 e. The Hall–Kier alpha value is -1.47. The molecule has 0 aliphatic carbocycles. The number of hydrogen-bond acceptors (Lipinski definition) is 5. The zero-order chi connectivity index (χ0) is 18.2. The number of para-hydroxylation sites is 1. The molecule has 6 heteroatoms. The maximum absolute atomic E-state index is 11.9. The molecule has 1 aliphatic heterocycles. The molecule has 1 unspecified atom stereocenters. The van der Waals surface area contributed by atoms with E-state index in [1.807, 2.05) is 37.3 Å². The van der Waals surface area contributed by atoms with Crippen LogP contribution >= 0.6 is 0 Å². The monoisotopic (exact) mass is 351 g/mol. The van der Waals surface area contributed by atoms with Crippen LogP contribution in [0.15, 0.2) is 30.3 Å². The summed E-state index contributed by atoms with van der Waals surface area (Å²) in [5.41, 5.74) is 0.809. The molecule has 1 aliphatic rings. The van der Waals surface area contributed by atoms with E-state index < -0.39 is 18.5 Å².